The Balaban J connectivity index is 1.16. The average Bonchev–Trinajstić information content (AvgIpc) is 3.48. The van der Waals surface area contributed by atoms with Gasteiger partial charge in [-0.2, -0.15) is 13.2 Å². The van der Waals surface area contributed by atoms with Gasteiger partial charge < -0.3 is 14.6 Å². The van der Waals surface area contributed by atoms with Gasteiger partial charge in [0.1, 0.15) is 23.1 Å². The van der Waals surface area contributed by atoms with Gasteiger partial charge in [-0.15, -0.1) is 0 Å². The van der Waals surface area contributed by atoms with Crippen LogP contribution in [0.25, 0.3) is 11.3 Å². The molecule has 234 valence electrons. The average molecular weight is 628 g/mol. The highest BCUT2D eigenvalue weighted by Crippen LogP contribution is 2.39. The monoisotopic (exact) mass is 627 g/mol. The number of alkyl halides is 3. The third-order valence-corrected chi connectivity index (χ3v) is 9.90. The predicted molar refractivity (Wildman–Crippen MR) is 162 cm³/mol. The number of furan rings is 1. The highest BCUT2D eigenvalue weighted by Gasteiger charge is 2.53. The number of nitrogens with zero attached hydrogens (tertiary/aromatic N) is 2. The number of benzene rings is 2. The Morgan fingerprint density at radius 1 is 0.932 bits per heavy atom. The number of piperazine rings is 1. The molecule has 1 spiro atoms. The van der Waals surface area contributed by atoms with Gasteiger partial charge in [0, 0.05) is 25.2 Å². The summed E-state index contributed by atoms with van der Waals surface area (Å²) >= 11 is 6.22. The van der Waals surface area contributed by atoms with E-state index in [1.54, 1.807) is 12.1 Å². The van der Waals surface area contributed by atoms with E-state index in [1.165, 1.54) is 25.3 Å². The van der Waals surface area contributed by atoms with Crippen LogP contribution in [0.3, 0.4) is 0 Å². The Bertz CT molecular complexity index is 1480. The molecule has 1 saturated carbocycles. The summed E-state index contributed by atoms with van der Waals surface area (Å²) in [4.78, 5) is 31.9. The van der Waals surface area contributed by atoms with Gasteiger partial charge in [0.15, 0.2) is 0 Å². The van der Waals surface area contributed by atoms with Crippen LogP contribution in [0.5, 0.6) is 0 Å². The van der Waals surface area contributed by atoms with Crippen LogP contribution in [0, 0.1) is 5.92 Å². The molecule has 3 aliphatic rings. The van der Waals surface area contributed by atoms with Crippen molar-refractivity contribution < 1.29 is 27.2 Å². The van der Waals surface area contributed by atoms with Crippen molar-refractivity contribution in [3.8, 4) is 11.3 Å². The van der Waals surface area contributed by atoms with Gasteiger partial charge in [0.25, 0.3) is 0 Å². The van der Waals surface area contributed by atoms with Crippen molar-refractivity contribution in [3.05, 3.63) is 82.6 Å². The van der Waals surface area contributed by atoms with Gasteiger partial charge >= 0.3 is 6.18 Å². The van der Waals surface area contributed by atoms with Crippen LogP contribution >= 0.6 is 11.6 Å². The molecule has 3 fully saturated rings. The zero-order valence-electron chi connectivity index (χ0n) is 24.5. The lowest BCUT2D eigenvalue weighted by Crippen LogP contribution is -2.72. The van der Waals surface area contributed by atoms with E-state index in [4.69, 9.17) is 16.0 Å². The summed E-state index contributed by atoms with van der Waals surface area (Å²) in [7, 11) is 0. The minimum Gasteiger partial charge on any atom is -0.460 e. The first kappa shape index (κ1) is 30.7. The molecule has 44 heavy (non-hydrogen) atoms. The van der Waals surface area contributed by atoms with Crippen LogP contribution < -0.4 is 5.32 Å². The van der Waals surface area contributed by atoms with E-state index < -0.39 is 23.3 Å². The van der Waals surface area contributed by atoms with Crippen molar-refractivity contribution in [2.45, 2.75) is 82.2 Å². The second-order valence-corrected chi connectivity index (χ2v) is 12.8. The first-order valence-electron chi connectivity index (χ1n) is 15.5. The second-order valence-electron chi connectivity index (χ2n) is 12.4. The van der Waals surface area contributed by atoms with Gasteiger partial charge in [-0.1, -0.05) is 74.0 Å². The maximum absolute atomic E-state index is 14.0. The number of hydrogen-bond donors (Lipinski definition) is 1. The molecule has 0 bridgehead atoms. The zero-order chi connectivity index (χ0) is 30.9. The lowest BCUT2D eigenvalue weighted by atomic mass is 9.79. The summed E-state index contributed by atoms with van der Waals surface area (Å²) in [6.07, 6.45) is 2.94. The second kappa shape index (κ2) is 12.6. The molecule has 3 aromatic rings. The topological polar surface area (TPSA) is 65.8 Å². The fourth-order valence-electron chi connectivity index (χ4n) is 7.08. The van der Waals surface area contributed by atoms with E-state index in [2.05, 4.69) is 10.2 Å². The largest absolute Gasteiger partial charge is 0.460 e. The van der Waals surface area contributed by atoms with Gasteiger partial charge in [0.2, 0.25) is 11.8 Å². The van der Waals surface area contributed by atoms with E-state index in [0.29, 0.717) is 57.1 Å². The minimum atomic E-state index is -4.49. The van der Waals surface area contributed by atoms with Crippen molar-refractivity contribution >= 4 is 23.4 Å². The molecule has 6 nitrogen and oxygen atoms in total. The van der Waals surface area contributed by atoms with Crippen molar-refractivity contribution in [3.63, 3.8) is 0 Å². The van der Waals surface area contributed by atoms with E-state index in [1.807, 2.05) is 35.2 Å². The molecule has 2 amide bonds. The molecule has 1 atom stereocenters. The van der Waals surface area contributed by atoms with Crippen LogP contribution in [0.15, 0.2) is 65.1 Å². The van der Waals surface area contributed by atoms with Crippen LogP contribution in [0.2, 0.25) is 5.02 Å². The first-order chi connectivity index (χ1) is 21.1. The zero-order valence-corrected chi connectivity index (χ0v) is 25.3. The molecule has 1 aliphatic carbocycles. The highest BCUT2D eigenvalue weighted by molar-refractivity contribution is 6.33. The Labute approximate surface area is 260 Å². The summed E-state index contributed by atoms with van der Waals surface area (Å²) in [6.45, 7) is 1.91. The molecule has 1 aromatic heterocycles. The quantitative estimate of drug-likeness (QED) is 0.296. The molecule has 1 N–H and O–H groups in total. The summed E-state index contributed by atoms with van der Waals surface area (Å²) in [5.74, 6) is 1.23. The SMILES string of the molecule is O=C1C(CC2CCCCC2)NC(=O)C2(CCN(Cc3ccc(-c4cc(C(F)(F)F)ccc4Cl)o3)CC2)N1Cc1ccccc1. The number of carbonyl (C=O) groups excluding carboxylic acids is 2. The summed E-state index contributed by atoms with van der Waals surface area (Å²) in [6, 6.07) is 15.9. The van der Waals surface area contributed by atoms with Gasteiger partial charge in [-0.3, -0.25) is 14.5 Å². The number of halogens is 4. The maximum Gasteiger partial charge on any atom is 0.416 e. The Morgan fingerprint density at radius 2 is 1.66 bits per heavy atom. The smallest absolute Gasteiger partial charge is 0.416 e. The maximum atomic E-state index is 14.0. The fraction of sp³-hybridized carbons (Fsp3) is 0.471. The third kappa shape index (κ3) is 6.40. The molecule has 10 heteroatoms. The molecule has 3 heterocycles. The minimum absolute atomic E-state index is 0.00104. The van der Waals surface area contributed by atoms with Gasteiger partial charge in [0.05, 0.1) is 17.1 Å². The van der Waals surface area contributed by atoms with Crippen LogP contribution in [-0.2, 0) is 28.9 Å². The lowest BCUT2D eigenvalue weighted by Gasteiger charge is -2.52. The normalized spacial score (nSPS) is 21.5. The third-order valence-electron chi connectivity index (χ3n) is 9.57. The molecule has 1 unspecified atom stereocenters. The van der Waals surface area contributed by atoms with E-state index >= 15 is 0 Å². The van der Waals surface area contributed by atoms with E-state index in [0.717, 1.165) is 30.5 Å². The van der Waals surface area contributed by atoms with Crippen molar-refractivity contribution in [2.75, 3.05) is 13.1 Å². The highest BCUT2D eigenvalue weighted by atomic mass is 35.5. The molecular formula is C34H37ClF3N3O3. The van der Waals surface area contributed by atoms with E-state index in [9.17, 15) is 22.8 Å². The standard InChI is InChI=1S/C34H37ClF3N3O3/c35-28-13-11-25(34(36,37)38)20-27(28)30-14-12-26(44-30)22-40-17-15-33(16-18-40)32(43)39-29(19-23-7-3-1-4-8-23)31(42)41(33)21-24-9-5-2-6-10-24/h2,5-6,9-14,20,23,29H,1,3-4,7-8,15-19,21-22H2,(H,39,43). The lowest BCUT2D eigenvalue weighted by molar-refractivity contribution is -0.163. The summed E-state index contributed by atoms with van der Waals surface area (Å²) in [5.41, 5.74) is -0.559. The molecule has 2 aromatic carbocycles. The van der Waals surface area contributed by atoms with Crippen LogP contribution in [0.4, 0.5) is 13.2 Å². The van der Waals surface area contributed by atoms with E-state index in [-0.39, 0.29) is 28.2 Å². The van der Waals surface area contributed by atoms with Gasteiger partial charge in [-0.25, -0.2) is 0 Å². The van der Waals surface area contributed by atoms with Crippen LogP contribution in [-0.4, -0.2) is 46.3 Å². The first-order valence-corrected chi connectivity index (χ1v) is 15.8. The summed E-state index contributed by atoms with van der Waals surface area (Å²) < 4.78 is 45.8. The molecular weight excluding hydrogens is 591 g/mol. The fourth-order valence-corrected chi connectivity index (χ4v) is 7.29. The Kier molecular flexibility index (Phi) is 8.79. The van der Waals surface area contributed by atoms with Crippen molar-refractivity contribution in [1.82, 2.24) is 15.1 Å². The number of rotatable bonds is 7. The van der Waals surface area contributed by atoms with Crippen molar-refractivity contribution in [2.24, 2.45) is 5.92 Å². The predicted octanol–water partition coefficient (Wildman–Crippen LogP) is 7.45. The molecule has 2 aliphatic heterocycles. The Hall–Kier alpha value is -3.30. The number of carbonyl (C=O) groups is 2. The molecule has 0 radical (unpaired) electrons. The molecule has 6 rings (SSSR count). The van der Waals surface area contributed by atoms with Crippen LogP contribution in [0.1, 0.15) is 68.3 Å². The van der Waals surface area contributed by atoms with Crippen molar-refractivity contribution in [1.29, 1.82) is 0 Å². The van der Waals surface area contributed by atoms with Gasteiger partial charge in [-0.05, 0) is 61.1 Å². The summed E-state index contributed by atoms with van der Waals surface area (Å²) in [5, 5.41) is 3.31. The number of hydrogen-bond acceptors (Lipinski definition) is 4. The number of nitrogens with one attached hydrogen (secondary N) is 1. The number of likely N-dealkylation sites (tertiary alicyclic amines) is 1. The Morgan fingerprint density at radius 3 is 2.36 bits per heavy atom. The number of piperidine rings is 1. The number of amides is 2. The molecule has 2 saturated heterocycles.